The average Bonchev–Trinajstić information content (AvgIpc) is 2.43. The lowest BCUT2D eigenvalue weighted by molar-refractivity contribution is -0.0824. The Balaban J connectivity index is 1.81. The van der Waals surface area contributed by atoms with Crippen LogP contribution in [0.5, 0.6) is 5.75 Å². The summed E-state index contributed by atoms with van der Waals surface area (Å²) < 4.78 is 5.03. The monoisotopic (exact) mass is 271 g/mol. The van der Waals surface area contributed by atoms with E-state index < -0.39 is 0 Å². The summed E-state index contributed by atoms with van der Waals surface area (Å²) in [4.78, 5) is 5.11. The molecule has 0 amide bonds. The third kappa shape index (κ3) is 4.30. The van der Waals surface area contributed by atoms with Gasteiger partial charge in [0, 0.05) is 17.3 Å². The first kappa shape index (κ1) is 13.4. The van der Waals surface area contributed by atoms with E-state index in [1.54, 1.807) is 12.1 Å². The van der Waals surface area contributed by atoms with Crippen molar-refractivity contribution < 1.29 is 9.56 Å². The lowest BCUT2D eigenvalue weighted by atomic mass is 10.2. The lowest BCUT2D eigenvalue weighted by Gasteiger charge is -2.04. The van der Waals surface area contributed by atoms with Gasteiger partial charge in [-0.2, -0.15) is 4.67 Å². The van der Waals surface area contributed by atoms with Crippen LogP contribution in [0.15, 0.2) is 48.5 Å². The van der Waals surface area contributed by atoms with Crippen LogP contribution in [0.1, 0.15) is 11.1 Å². The standard InChI is InChI=1S/C15H14NO2P/c1-12-7-8-14(11-15(12)16)17-18-19-10-9-13-5-3-2-4-6-13/h2-8,11,19H,16H2,1H3. The zero-order valence-electron chi connectivity index (χ0n) is 10.5. The molecule has 1 unspecified atom stereocenters. The van der Waals surface area contributed by atoms with E-state index in [0.29, 0.717) is 11.4 Å². The van der Waals surface area contributed by atoms with E-state index >= 15 is 0 Å². The Morgan fingerprint density at radius 3 is 2.63 bits per heavy atom. The van der Waals surface area contributed by atoms with E-state index in [0.717, 1.165) is 11.1 Å². The summed E-state index contributed by atoms with van der Waals surface area (Å²) >= 11 is 0. The van der Waals surface area contributed by atoms with Gasteiger partial charge in [-0.25, -0.2) is 0 Å². The second kappa shape index (κ2) is 6.80. The van der Waals surface area contributed by atoms with Crippen molar-refractivity contribution in [1.29, 1.82) is 0 Å². The van der Waals surface area contributed by atoms with Gasteiger partial charge in [0.15, 0.2) is 5.75 Å². The molecule has 96 valence electrons. The van der Waals surface area contributed by atoms with Crippen LogP contribution in [0.2, 0.25) is 0 Å². The molecule has 2 rings (SSSR count). The highest BCUT2D eigenvalue weighted by molar-refractivity contribution is 7.38. The molecule has 0 spiro atoms. The molecule has 2 N–H and O–H groups in total. The highest BCUT2D eigenvalue weighted by Crippen LogP contribution is 2.21. The van der Waals surface area contributed by atoms with Gasteiger partial charge >= 0.3 is 0 Å². The molecule has 19 heavy (non-hydrogen) atoms. The van der Waals surface area contributed by atoms with Crippen molar-refractivity contribution in [3.05, 3.63) is 59.7 Å². The van der Waals surface area contributed by atoms with Crippen molar-refractivity contribution in [2.75, 3.05) is 5.73 Å². The third-order valence-electron chi connectivity index (χ3n) is 2.46. The van der Waals surface area contributed by atoms with Crippen LogP contribution in [0.25, 0.3) is 0 Å². The molecule has 2 aromatic carbocycles. The Labute approximate surface area is 114 Å². The van der Waals surface area contributed by atoms with E-state index in [2.05, 4.69) is 11.6 Å². The molecule has 0 fully saturated rings. The molecule has 0 aromatic heterocycles. The zero-order valence-corrected chi connectivity index (χ0v) is 11.5. The van der Waals surface area contributed by atoms with Crippen LogP contribution in [0, 0.1) is 18.5 Å². The number of rotatable bonds is 3. The summed E-state index contributed by atoms with van der Waals surface area (Å²) in [6, 6.07) is 15.1. The minimum Gasteiger partial charge on any atom is -0.398 e. The molecule has 0 radical (unpaired) electrons. The van der Waals surface area contributed by atoms with Gasteiger partial charge in [-0.15, -0.1) is 0 Å². The molecule has 4 heteroatoms. The van der Waals surface area contributed by atoms with E-state index in [4.69, 9.17) is 15.3 Å². The normalized spacial score (nSPS) is 10.2. The topological polar surface area (TPSA) is 44.5 Å². The summed E-state index contributed by atoms with van der Waals surface area (Å²) in [6.07, 6.45) is 0. The van der Waals surface area contributed by atoms with E-state index in [1.807, 2.05) is 43.3 Å². The minimum atomic E-state index is -0.0468. The number of nitrogen functional groups attached to an aromatic ring is 1. The van der Waals surface area contributed by atoms with E-state index in [9.17, 15) is 0 Å². The van der Waals surface area contributed by atoms with Crippen molar-refractivity contribution in [3.63, 3.8) is 0 Å². The van der Waals surface area contributed by atoms with Gasteiger partial charge in [0.1, 0.15) is 8.81 Å². The Bertz CT molecular complexity index is 603. The minimum absolute atomic E-state index is 0.0468. The van der Waals surface area contributed by atoms with Crippen molar-refractivity contribution in [3.8, 4) is 17.3 Å². The molecular formula is C15H14NO2P. The molecule has 1 atom stereocenters. The van der Waals surface area contributed by atoms with Gasteiger partial charge in [-0.1, -0.05) is 30.2 Å². The largest absolute Gasteiger partial charge is 0.398 e. The fraction of sp³-hybridized carbons (Fsp3) is 0.0667. The Kier molecular flexibility index (Phi) is 4.80. The summed E-state index contributed by atoms with van der Waals surface area (Å²) in [5, 5.41) is 0. The fourth-order valence-electron chi connectivity index (χ4n) is 1.38. The smallest absolute Gasteiger partial charge is 0.167 e. The molecule has 0 aliphatic rings. The molecule has 0 saturated heterocycles. The summed E-state index contributed by atoms with van der Waals surface area (Å²) in [7, 11) is -0.0468. The second-order valence-corrected chi connectivity index (χ2v) is 4.52. The van der Waals surface area contributed by atoms with Crippen LogP contribution < -0.4 is 10.6 Å². The summed E-state index contributed by atoms with van der Waals surface area (Å²) in [5.41, 5.74) is 11.3. The van der Waals surface area contributed by atoms with Crippen molar-refractivity contribution in [2.24, 2.45) is 0 Å². The molecular weight excluding hydrogens is 257 g/mol. The maximum atomic E-state index is 5.77. The second-order valence-electron chi connectivity index (χ2n) is 3.90. The highest BCUT2D eigenvalue weighted by Gasteiger charge is 1.98. The van der Waals surface area contributed by atoms with E-state index in [-0.39, 0.29) is 8.81 Å². The maximum absolute atomic E-state index is 5.77. The van der Waals surface area contributed by atoms with Crippen molar-refractivity contribution in [1.82, 2.24) is 0 Å². The zero-order chi connectivity index (χ0) is 13.5. The van der Waals surface area contributed by atoms with Crippen molar-refractivity contribution in [2.45, 2.75) is 6.92 Å². The van der Waals surface area contributed by atoms with Crippen LogP contribution in [0.4, 0.5) is 5.69 Å². The van der Waals surface area contributed by atoms with Gasteiger partial charge in [-0.3, -0.25) is 0 Å². The predicted molar refractivity (Wildman–Crippen MR) is 78.9 cm³/mol. The van der Waals surface area contributed by atoms with Gasteiger partial charge in [0.2, 0.25) is 0 Å². The molecule has 0 saturated carbocycles. The van der Waals surface area contributed by atoms with Crippen LogP contribution >= 0.6 is 8.81 Å². The first-order chi connectivity index (χ1) is 9.25. The summed E-state index contributed by atoms with van der Waals surface area (Å²) in [6.45, 7) is 1.94. The fourth-order valence-corrected chi connectivity index (χ4v) is 1.75. The number of hydrogen-bond acceptors (Lipinski definition) is 3. The molecule has 0 aliphatic carbocycles. The third-order valence-corrected chi connectivity index (χ3v) is 2.86. The first-order valence-corrected chi connectivity index (χ1v) is 6.67. The first-order valence-electron chi connectivity index (χ1n) is 5.76. The number of nitrogens with two attached hydrogens (primary N) is 1. The molecule has 0 aliphatic heterocycles. The van der Waals surface area contributed by atoms with Gasteiger partial charge < -0.3 is 10.6 Å². The predicted octanol–water partition coefficient (Wildman–Crippen LogP) is 3.49. The number of benzene rings is 2. The molecule has 2 aromatic rings. The van der Waals surface area contributed by atoms with Crippen LogP contribution in [-0.2, 0) is 4.67 Å². The molecule has 0 bridgehead atoms. The molecule has 0 heterocycles. The Morgan fingerprint density at radius 1 is 1.11 bits per heavy atom. The number of anilines is 1. The highest BCUT2D eigenvalue weighted by atomic mass is 31.1. The molecule has 3 nitrogen and oxygen atoms in total. The van der Waals surface area contributed by atoms with E-state index in [1.165, 1.54) is 0 Å². The maximum Gasteiger partial charge on any atom is 0.167 e. The SMILES string of the molecule is Cc1ccc(OOPC#Cc2ccccc2)cc1N. The average molecular weight is 271 g/mol. The number of aryl methyl sites for hydroxylation is 1. The number of hydrogen-bond donors (Lipinski definition) is 1. The lowest BCUT2D eigenvalue weighted by Crippen LogP contribution is -1.92. The van der Waals surface area contributed by atoms with Crippen LogP contribution in [0.3, 0.4) is 0 Å². The van der Waals surface area contributed by atoms with Gasteiger partial charge in [-0.05, 0) is 36.3 Å². The van der Waals surface area contributed by atoms with Gasteiger partial charge in [0.25, 0.3) is 0 Å². The van der Waals surface area contributed by atoms with Crippen LogP contribution in [-0.4, -0.2) is 0 Å². The van der Waals surface area contributed by atoms with Gasteiger partial charge in [0.05, 0.1) is 0 Å². The Hall–Kier alpha value is -2.01. The van der Waals surface area contributed by atoms with Crippen molar-refractivity contribution >= 4 is 14.5 Å². The summed E-state index contributed by atoms with van der Waals surface area (Å²) in [5.74, 6) is 3.56. The quantitative estimate of drug-likeness (QED) is 0.232. The Morgan fingerprint density at radius 2 is 1.89 bits per heavy atom.